The first-order chi connectivity index (χ1) is 8.15. The Morgan fingerprint density at radius 2 is 1.82 bits per heavy atom. The SMILES string of the molecule is CC(C)CN1CCC(N2CCCC(N)C2)CC1. The third-order valence-electron chi connectivity index (χ3n) is 4.19. The topological polar surface area (TPSA) is 32.5 Å². The smallest absolute Gasteiger partial charge is 0.0168 e. The van der Waals surface area contributed by atoms with E-state index in [1.807, 2.05) is 0 Å². The van der Waals surface area contributed by atoms with Gasteiger partial charge in [0.25, 0.3) is 0 Å². The largest absolute Gasteiger partial charge is 0.327 e. The molecule has 2 saturated heterocycles. The Kier molecular flexibility index (Phi) is 4.83. The first kappa shape index (κ1) is 13.3. The van der Waals surface area contributed by atoms with Crippen molar-refractivity contribution >= 4 is 0 Å². The molecule has 2 rings (SSSR count). The van der Waals surface area contributed by atoms with E-state index in [9.17, 15) is 0 Å². The highest BCUT2D eigenvalue weighted by atomic mass is 15.2. The van der Waals surface area contributed by atoms with E-state index in [1.165, 1.54) is 51.9 Å². The van der Waals surface area contributed by atoms with Crippen molar-refractivity contribution in [2.75, 3.05) is 32.7 Å². The number of piperidine rings is 2. The molecule has 3 heteroatoms. The minimum Gasteiger partial charge on any atom is -0.327 e. The lowest BCUT2D eigenvalue weighted by molar-refractivity contribution is 0.0814. The Bertz CT molecular complexity index is 222. The van der Waals surface area contributed by atoms with E-state index in [2.05, 4.69) is 23.6 Å². The Morgan fingerprint density at radius 3 is 2.41 bits per heavy atom. The minimum atomic E-state index is 0.428. The molecule has 0 saturated carbocycles. The third-order valence-corrected chi connectivity index (χ3v) is 4.19. The monoisotopic (exact) mass is 239 g/mol. The lowest BCUT2D eigenvalue weighted by Gasteiger charge is -2.42. The number of rotatable bonds is 3. The quantitative estimate of drug-likeness (QED) is 0.811. The van der Waals surface area contributed by atoms with E-state index in [0.29, 0.717) is 6.04 Å². The second-order valence-electron chi connectivity index (χ2n) is 6.32. The van der Waals surface area contributed by atoms with Crippen LogP contribution in [0.4, 0.5) is 0 Å². The molecule has 100 valence electrons. The van der Waals surface area contributed by atoms with Gasteiger partial charge >= 0.3 is 0 Å². The summed E-state index contributed by atoms with van der Waals surface area (Å²) in [6.07, 6.45) is 5.22. The molecular formula is C14H29N3. The highest BCUT2D eigenvalue weighted by Gasteiger charge is 2.27. The molecule has 0 aromatic carbocycles. The minimum absolute atomic E-state index is 0.428. The second kappa shape index (κ2) is 6.17. The molecule has 0 bridgehead atoms. The zero-order valence-electron chi connectivity index (χ0n) is 11.6. The summed E-state index contributed by atoms with van der Waals surface area (Å²) < 4.78 is 0. The number of likely N-dealkylation sites (tertiary alicyclic amines) is 2. The molecule has 2 heterocycles. The van der Waals surface area contributed by atoms with Crippen molar-refractivity contribution in [3.05, 3.63) is 0 Å². The Morgan fingerprint density at radius 1 is 1.12 bits per heavy atom. The van der Waals surface area contributed by atoms with Crippen LogP contribution in [0.15, 0.2) is 0 Å². The summed E-state index contributed by atoms with van der Waals surface area (Å²) in [7, 11) is 0. The van der Waals surface area contributed by atoms with Gasteiger partial charge in [-0.2, -0.15) is 0 Å². The van der Waals surface area contributed by atoms with Gasteiger partial charge in [-0.05, 0) is 51.2 Å². The molecule has 2 fully saturated rings. The number of hydrogen-bond acceptors (Lipinski definition) is 3. The van der Waals surface area contributed by atoms with E-state index < -0.39 is 0 Å². The molecule has 1 atom stereocenters. The van der Waals surface area contributed by atoms with E-state index in [0.717, 1.165) is 18.5 Å². The van der Waals surface area contributed by atoms with Crippen LogP contribution in [-0.4, -0.2) is 54.6 Å². The summed E-state index contributed by atoms with van der Waals surface area (Å²) in [5.41, 5.74) is 6.07. The predicted octanol–water partition coefficient (Wildman–Crippen LogP) is 1.53. The number of nitrogens with zero attached hydrogens (tertiary/aromatic N) is 2. The van der Waals surface area contributed by atoms with E-state index >= 15 is 0 Å². The van der Waals surface area contributed by atoms with Crippen molar-refractivity contribution in [1.82, 2.24) is 9.80 Å². The summed E-state index contributed by atoms with van der Waals surface area (Å²) in [4.78, 5) is 5.28. The maximum absolute atomic E-state index is 6.07. The fourth-order valence-corrected chi connectivity index (χ4v) is 3.36. The highest BCUT2D eigenvalue weighted by Crippen LogP contribution is 2.20. The van der Waals surface area contributed by atoms with Crippen molar-refractivity contribution in [1.29, 1.82) is 0 Å². The maximum Gasteiger partial charge on any atom is 0.0168 e. The molecule has 0 radical (unpaired) electrons. The van der Waals surface area contributed by atoms with Crippen molar-refractivity contribution < 1.29 is 0 Å². The molecule has 3 nitrogen and oxygen atoms in total. The summed E-state index contributed by atoms with van der Waals surface area (Å²) >= 11 is 0. The van der Waals surface area contributed by atoms with Crippen molar-refractivity contribution in [3.8, 4) is 0 Å². The zero-order chi connectivity index (χ0) is 12.3. The first-order valence-corrected chi connectivity index (χ1v) is 7.37. The van der Waals surface area contributed by atoms with E-state index in [1.54, 1.807) is 0 Å². The third kappa shape index (κ3) is 3.94. The number of nitrogens with two attached hydrogens (primary N) is 1. The van der Waals surface area contributed by atoms with Gasteiger partial charge in [0.1, 0.15) is 0 Å². The van der Waals surface area contributed by atoms with Crippen molar-refractivity contribution in [2.45, 2.75) is 51.6 Å². The molecule has 0 aliphatic carbocycles. The van der Waals surface area contributed by atoms with Gasteiger partial charge in [0.2, 0.25) is 0 Å². The van der Waals surface area contributed by atoms with Crippen LogP contribution in [0.1, 0.15) is 39.5 Å². The number of hydrogen-bond donors (Lipinski definition) is 1. The lowest BCUT2D eigenvalue weighted by Crippen LogP contribution is -2.51. The van der Waals surface area contributed by atoms with Gasteiger partial charge in [0, 0.05) is 25.2 Å². The Hall–Kier alpha value is -0.120. The average molecular weight is 239 g/mol. The second-order valence-corrected chi connectivity index (χ2v) is 6.32. The van der Waals surface area contributed by atoms with Crippen LogP contribution in [0.3, 0.4) is 0 Å². The van der Waals surface area contributed by atoms with Crippen LogP contribution in [-0.2, 0) is 0 Å². The molecule has 2 N–H and O–H groups in total. The normalized spacial score (nSPS) is 30.0. The predicted molar refractivity (Wildman–Crippen MR) is 73.1 cm³/mol. The van der Waals surface area contributed by atoms with Gasteiger partial charge < -0.3 is 10.6 Å². The fraction of sp³-hybridized carbons (Fsp3) is 1.00. The molecule has 0 amide bonds. The van der Waals surface area contributed by atoms with Gasteiger partial charge in [0.05, 0.1) is 0 Å². The molecule has 1 unspecified atom stereocenters. The van der Waals surface area contributed by atoms with Crippen molar-refractivity contribution in [2.24, 2.45) is 11.7 Å². The van der Waals surface area contributed by atoms with Gasteiger partial charge in [0.15, 0.2) is 0 Å². The highest BCUT2D eigenvalue weighted by molar-refractivity contribution is 4.84. The standard InChI is InChI=1S/C14H29N3/c1-12(2)10-16-8-5-14(6-9-16)17-7-3-4-13(15)11-17/h12-14H,3-11,15H2,1-2H3. The van der Waals surface area contributed by atoms with Crippen LogP contribution >= 0.6 is 0 Å². The molecule has 17 heavy (non-hydrogen) atoms. The summed E-state index contributed by atoms with van der Waals surface area (Å²) in [5, 5.41) is 0. The molecular weight excluding hydrogens is 210 g/mol. The van der Waals surface area contributed by atoms with Gasteiger partial charge in [-0.3, -0.25) is 4.90 Å². The summed E-state index contributed by atoms with van der Waals surface area (Å²) in [6.45, 7) is 10.9. The Balaban J connectivity index is 1.74. The van der Waals surface area contributed by atoms with Gasteiger partial charge in [-0.1, -0.05) is 13.8 Å². The lowest BCUT2D eigenvalue weighted by atomic mass is 9.98. The Labute approximate surface area is 106 Å². The zero-order valence-corrected chi connectivity index (χ0v) is 11.6. The van der Waals surface area contributed by atoms with E-state index in [4.69, 9.17) is 5.73 Å². The summed E-state index contributed by atoms with van der Waals surface area (Å²) in [6, 6.07) is 1.24. The molecule has 2 aliphatic heterocycles. The molecule has 0 aromatic rings. The average Bonchev–Trinajstić information content (AvgIpc) is 2.29. The fourth-order valence-electron chi connectivity index (χ4n) is 3.36. The van der Waals surface area contributed by atoms with Crippen LogP contribution in [0.2, 0.25) is 0 Å². The molecule has 0 aromatic heterocycles. The molecule has 0 spiro atoms. The van der Waals surface area contributed by atoms with Crippen LogP contribution in [0, 0.1) is 5.92 Å². The van der Waals surface area contributed by atoms with Crippen LogP contribution < -0.4 is 5.73 Å². The maximum atomic E-state index is 6.07. The first-order valence-electron chi connectivity index (χ1n) is 7.37. The summed E-state index contributed by atoms with van der Waals surface area (Å²) in [5.74, 6) is 0.801. The van der Waals surface area contributed by atoms with Crippen molar-refractivity contribution in [3.63, 3.8) is 0 Å². The van der Waals surface area contributed by atoms with Crippen LogP contribution in [0.25, 0.3) is 0 Å². The van der Waals surface area contributed by atoms with E-state index in [-0.39, 0.29) is 0 Å². The van der Waals surface area contributed by atoms with Crippen LogP contribution in [0.5, 0.6) is 0 Å². The van der Waals surface area contributed by atoms with Gasteiger partial charge in [-0.15, -0.1) is 0 Å². The van der Waals surface area contributed by atoms with Gasteiger partial charge in [-0.25, -0.2) is 0 Å². The molecule has 2 aliphatic rings.